The van der Waals surface area contributed by atoms with Gasteiger partial charge < -0.3 is 14.7 Å². The molecule has 2 rings (SSSR count). The Labute approximate surface area is 128 Å². The molecule has 1 heterocycles. The molecule has 1 aliphatic heterocycles. The Morgan fingerprint density at radius 1 is 1.29 bits per heavy atom. The lowest BCUT2D eigenvalue weighted by atomic mass is 10.1. The van der Waals surface area contributed by atoms with Crippen molar-refractivity contribution in [2.45, 2.75) is 64.2 Å². The van der Waals surface area contributed by atoms with Crippen molar-refractivity contribution in [1.29, 1.82) is 0 Å². The van der Waals surface area contributed by atoms with E-state index >= 15 is 0 Å². The second-order valence-electron chi connectivity index (χ2n) is 6.29. The molecule has 1 aliphatic carbocycles. The molecular formula is C16H30N2O3. The standard InChI is InChI=1S/C16H30N2O3/c1-3-4-12-21-13(2)16(20)18-10-8-17(9-11-18)14-6-5-7-15(14)19/h13-15,19H,3-12H2,1-2H3/t13-,14-,15-/m1/s1. The van der Waals surface area contributed by atoms with E-state index in [0.29, 0.717) is 12.6 Å². The van der Waals surface area contributed by atoms with Crippen LogP contribution in [0.3, 0.4) is 0 Å². The van der Waals surface area contributed by atoms with Crippen molar-refractivity contribution in [3.63, 3.8) is 0 Å². The highest BCUT2D eigenvalue weighted by Gasteiger charge is 2.34. The average Bonchev–Trinajstić information content (AvgIpc) is 2.93. The Balaban J connectivity index is 1.73. The number of rotatable bonds is 6. The third-order valence-electron chi connectivity index (χ3n) is 4.75. The van der Waals surface area contributed by atoms with Crippen LogP contribution in [-0.4, -0.2) is 71.8 Å². The van der Waals surface area contributed by atoms with Crippen LogP contribution in [0, 0.1) is 0 Å². The monoisotopic (exact) mass is 298 g/mol. The second kappa shape index (κ2) is 8.11. The minimum Gasteiger partial charge on any atom is -0.391 e. The lowest BCUT2D eigenvalue weighted by Crippen LogP contribution is -2.55. The Kier molecular flexibility index (Phi) is 6.45. The molecule has 3 atom stereocenters. The molecule has 5 nitrogen and oxygen atoms in total. The molecule has 2 fully saturated rings. The van der Waals surface area contributed by atoms with Gasteiger partial charge >= 0.3 is 0 Å². The Bertz CT molecular complexity index is 329. The molecule has 1 saturated heterocycles. The highest BCUT2D eigenvalue weighted by atomic mass is 16.5. The van der Waals surface area contributed by atoms with Gasteiger partial charge in [0.2, 0.25) is 0 Å². The van der Waals surface area contributed by atoms with Crippen LogP contribution in [-0.2, 0) is 9.53 Å². The van der Waals surface area contributed by atoms with Crippen molar-refractivity contribution in [1.82, 2.24) is 9.80 Å². The van der Waals surface area contributed by atoms with E-state index in [9.17, 15) is 9.90 Å². The summed E-state index contributed by atoms with van der Waals surface area (Å²) in [4.78, 5) is 16.6. The SMILES string of the molecule is CCCCO[C@H](C)C(=O)N1CCN([C@@H]2CCC[C@H]2O)CC1. The average molecular weight is 298 g/mol. The molecule has 1 saturated carbocycles. The van der Waals surface area contributed by atoms with Crippen LogP contribution in [0.15, 0.2) is 0 Å². The summed E-state index contributed by atoms with van der Waals surface area (Å²) in [7, 11) is 0. The molecule has 0 radical (unpaired) electrons. The van der Waals surface area contributed by atoms with E-state index in [4.69, 9.17) is 4.74 Å². The zero-order valence-electron chi connectivity index (χ0n) is 13.5. The molecule has 21 heavy (non-hydrogen) atoms. The number of carbonyl (C=O) groups excluding carboxylic acids is 1. The lowest BCUT2D eigenvalue weighted by molar-refractivity contribution is -0.145. The maximum absolute atomic E-state index is 12.3. The van der Waals surface area contributed by atoms with Crippen molar-refractivity contribution in [2.75, 3.05) is 32.8 Å². The summed E-state index contributed by atoms with van der Waals surface area (Å²) < 4.78 is 5.60. The van der Waals surface area contributed by atoms with Gasteiger partial charge in [-0.25, -0.2) is 0 Å². The molecule has 0 spiro atoms. The fraction of sp³-hybridized carbons (Fsp3) is 0.938. The highest BCUT2D eigenvalue weighted by Crippen LogP contribution is 2.25. The normalized spacial score (nSPS) is 28.8. The molecule has 1 N–H and O–H groups in total. The second-order valence-corrected chi connectivity index (χ2v) is 6.29. The van der Waals surface area contributed by atoms with Crippen LogP contribution in [0.4, 0.5) is 0 Å². The van der Waals surface area contributed by atoms with Crippen molar-refractivity contribution in [3.05, 3.63) is 0 Å². The third kappa shape index (κ3) is 4.41. The number of hydrogen-bond donors (Lipinski definition) is 1. The number of aliphatic hydroxyl groups excluding tert-OH is 1. The highest BCUT2D eigenvalue weighted by molar-refractivity contribution is 5.80. The molecule has 0 aromatic carbocycles. The van der Waals surface area contributed by atoms with E-state index < -0.39 is 0 Å². The summed E-state index contributed by atoms with van der Waals surface area (Å²) in [5.41, 5.74) is 0. The largest absolute Gasteiger partial charge is 0.391 e. The molecule has 0 bridgehead atoms. The molecule has 1 amide bonds. The first kappa shape index (κ1) is 16.7. The zero-order chi connectivity index (χ0) is 15.2. The van der Waals surface area contributed by atoms with Crippen molar-refractivity contribution < 1.29 is 14.6 Å². The van der Waals surface area contributed by atoms with Crippen LogP contribution in [0.1, 0.15) is 46.0 Å². The predicted molar refractivity (Wildman–Crippen MR) is 82.1 cm³/mol. The Morgan fingerprint density at radius 2 is 2.00 bits per heavy atom. The van der Waals surface area contributed by atoms with Gasteiger partial charge in [-0.3, -0.25) is 9.69 Å². The summed E-state index contributed by atoms with van der Waals surface area (Å²) in [6.45, 7) is 7.88. The van der Waals surface area contributed by atoms with Gasteiger partial charge in [-0.1, -0.05) is 13.3 Å². The van der Waals surface area contributed by atoms with E-state index in [1.807, 2.05) is 11.8 Å². The van der Waals surface area contributed by atoms with Gasteiger partial charge in [0, 0.05) is 38.8 Å². The number of aliphatic hydroxyl groups is 1. The number of nitrogens with zero attached hydrogens (tertiary/aromatic N) is 2. The van der Waals surface area contributed by atoms with E-state index in [0.717, 1.165) is 58.3 Å². The predicted octanol–water partition coefficient (Wildman–Crippen LogP) is 1.25. The van der Waals surface area contributed by atoms with Gasteiger partial charge in [-0.15, -0.1) is 0 Å². The van der Waals surface area contributed by atoms with Crippen molar-refractivity contribution in [2.24, 2.45) is 0 Å². The van der Waals surface area contributed by atoms with E-state index in [2.05, 4.69) is 11.8 Å². The minimum atomic E-state index is -0.333. The van der Waals surface area contributed by atoms with Gasteiger partial charge in [-0.05, 0) is 32.6 Å². The molecule has 0 aromatic heterocycles. The van der Waals surface area contributed by atoms with Crippen LogP contribution >= 0.6 is 0 Å². The number of hydrogen-bond acceptors (Lipinski definition) is 4. The zero-order valence-corrected chi connectivity index (χ0v) is 13.5. The fourth-order valence-corrected chi connectivity index (χ4v) is 3.35. The molecule has 2 aliphatic rings. The van der Waals surface area contributed by atoms with E-state index in [1.54, 1.807) is 0 Å². The Hall–Kier alpha value is -0.650. The summed E-state index contributed by atoms with van der Waals surface area (Å²) in [6.07, 6.45) is 4.71. The first-order valence-corrected chi connectivity index (χ1v) is 8.46. The number of ether oxygens (including phenoxy) is 1. The van der Waals surface area contributed by atoms with Gasteiger partial charge in [0.05, 0.1) is 6.10 Å². The molecule has 122 valence electrons. The molecule has 0 unspecified atom stereocenters. The van der Waals surface area contributed by atoms with Crippen LogP contribution in [0.5, 0.6) is 0 Å². The van der Waals surface area contributed by atoms with Gasteiger partial charge in [0.1, 0.15) is 6.10 Å². The topological polar surface area (TPSA) is 53.0 Å². The lowest BCUT2D eigenvalue weighted by Gasteiger charge is -2.39. The van der Waals surface area contributed by atoms with Crippen LogP contribution in [0.25, 0.3) is 0 Å². The first-order chi connectivity index (χ1) is 10.1. The number of amides is 1. The fourth-order valence-electron chi connectivity index (χ4n) is 3.35. The quantitative estimate of drug-likeness (QED) is 0.750. The summed E-state index contributed by atoms with van der Waals surface area (Å²) >= 11 is 0. The maximum atomic E-state index is 12.3. The smallest absolute Gasteiger partial charge is 0.251 e. The van der Waals surface area contributed by atoms with Gasteiger partial charge in [0.15, 0.2) is 0 Å². The summed E-state index contributed by atoms with van der Waals surface area (Å²) in [6, 6.07) is 0.306. The van der Waals surface area contributed by atoms with Gasteiger partial charge in [-0.2, -0.15) is 0 Å². The van der Waals surface area contributed by atoms with E-state index in [1.165, 1.54) is 0 Å². The van der Waals surface area contributed by atoms with Crippen LogP contribution in [0.2, 0.25) is 0 Å². The number of unbranched alkanes of at least 4 members (excludes halogenated alkanes) is 1. The third-order valence-corrected chi connectivity index (χ3v) is 4.75. The molecular weight excluding hydrogens is 268 g/mol. The number of piperazine rings is 1. The van der Waals surface area contributed by atoms with Gasteiger partial charge in [0.25, 0.3) is 5.91 Å². The Morgan fingerprint density at radius 3 is 2.57 bits per heavy atom. The maximum Gasteiger partial charge on any atom is 0.251 e. The van der Waals surface area contributed by atoms with Crippen molar-refractivity contribution in [3.8, 4) is 0 Å². The van der Waals surface area contributed by atoms with E-state index in [-0.39, 0.29) is 18.1 Å². The molecule has 0 aromatic rings. The van der Waals surface area contributed by atoms with Crippen molar-refractivity contribution >= 4 is 5.91 Å². The summed E-state index contributed by atoms with van der Waals surface area (Å²) in [5, 5.41) is 9.98. The molecule has 5 heteroatoms. The van der Waals surface area contributed by atoms with Crippen LogP contribution < -0.4 is 0 Å². The summed E-state index contributed by atoms with van der Waals surface area (Å²) in [5.74, 6) is 0.109. The number of carbonyl (C=O) groups is 1. The minimum absolute atomic E-state index is 0.109. The first-order valence-electron chi connectivity index (χ1n) is 8.46.